The maximum atomic E-state index is 11.2. The largest absolute Gasteiger partial charge is 0.492 e. The van der Waals surface area contributed by atoms with Crippen molar-refractivity contribution in [2.24, 2.45) is 0 Å². The zero-order valence-electron chi connectivity index (χ0n) is 16.7. The second kappa shape index (κ2) is 12.3. The fourth-order valence-electron chi connectivity index (χ4n) is 2.92. The molecular formula is C21H36O4S. The van der Waals surface area contributed by atoms with Gasteiger partial charge in [0.2, 0.25) is 0 Å². The lowest BCUT2D eigenvalue weighted by atomic mass is 9.99. The minimum atomic E-state index is -4.06. The Morgan fingerprint density at radius 3 is 2.15 bits per heavy atom. The maximum Gasteiger partial charge on any atom is 0.270 e. The minimum absolute atomic E-state index is 0.0311. The third-order valence-corrected chi connectivity index (χ3v) is 5.88. The number of aryl methyl sites for hydroxylation is 2. The van der Waals surface area contributed by atoms with Crippen molar-refractivity contribution >= 4 is 10.1 Å². The van der Waals surface area contributed by atoms with Crippen LogP contribution < -0.4 is 4.74 Å². The van der Waals surface area contributed by atoms with Gasteiger partial charge in [-0.05, 0) is 49.8 Å². The Kier molecular flexibility index (Phi) is 10.9. The van der Waals surface area contributed by atoms with Crippen LogP contribution in [0, 0.1) is 0 Å². The molecule has 0 bridgehead atoms. The van der Waals surface area contributed by atoms with Crippen LogP contribution in [0.25, 0.3) is 0 Å². The highest BCUT2D eigenvalue weighted by molar-refractivity contribution is 7.86. The number of rotatable bonds is 14. The standard InChI is InChI=1S/C21H36O4S/c1-4-6-8-10-12-19-14-15-21(25-17-18(3)26(22,23)24)20(16-19)13-11-9-7-5-2/h14-16,18H,4-13,17H2,1-3H3,(H,22,23,24). The van der Waals surface area contributed by atoms with Gasteiger partial charge in [-0.2, -0.15) is 8.42 Å². The molecule has 4 nitrogen and oxygen atoms in total. The SMILES string of the molecule is CCCCCCc1ccc(OCC(C)S(=O)(=O)O)c(CCCCCC)c1. The molecule has 1 aromatic rings. The summed E-state index contributed by atoms with van der Waals surface area (Å²) in [7, 11) is -4.06. The summed E-state index contributed by atoms with van der Waals surface area (Å²) in [6.07, 6.45) is 11.7. The Morgan fingerprint density at radius 1 is 0.962 bits per heavy atom. The summed E-state index contributed by atoms with van der Waals surface area (Å²) in [5.41, 5.74) is 2.47. The first kappa shape index (κ1) is 23.0. The molecule has 1 atom stereocenters. The van der Waals surface area contributed by atoms with Gasteiger partial charge in [0.1, 0.15) is 17.6 Å². The predicted octanol–water partition coefficient (Wildman–Crippen LogP) is 5.59. The van der Waals surface area contributed by atoms with Crippen LogP contribution in [-0.4, -0.2) is 24.8 Å². The van der Waals surface area contributed by atoms with Crippen molar-refractivity contribution in [3.05, 3.63) is 29.3 Å². The van der Waals surface area contributed by atoms with E-state index in [0.29, 0.717) is 0 Å². The van der Waals surface area contributed by atoms with Crippen LogP contribution in [-0.2, 0) is 23.0 Å². The third-order valence-electron chi connectivity index (χ3n) is 4.73. The van der Waals surface area contributed by atoms with E-state index in [1.165, 1.54) is 57.4 Å². The minimum Gasteiger partial charge on any atom is -0.492 e. The molecule has 1 aromatic carbocycles. The Hall–Kier alpha value is -1.07. The fraction of sp³-hybridized carbons (Fsp3) is 0.714. The second-order valence-electron chi connectivity index (χ2n) is 7.20. The van der Waals surface area contributed by atoms with Gasteiger partial charge in [-0.1, -0.05) is 64.5 Å². The van der Waals surface area contributed by atoms with E-state index in [0.717, 1.165) is 30.6 Å². The average Bonchev–Trinajstić information content (AvgIpc) is 2.60. The van der Waals surface area contributed by atoms with Gasteiger partial charge in [0.15, 0.2) is 0 Å². The summed E-state index contributed by atoms with van der Waals surface area (Å²) in [6, 6.07) is 6.25. The molecule has 0 aliphatic rings. The molecule has 0 saturated heterocycles. The lowest BCUT2D eigenvalue weighted by Crippen LogP contribution is -2.24. The van der Waals surface area contributed by atoms with E-state index in [4.69, 9.17) is 9.29 Å². The molecular weight excluding hydrogens is 348 g/mol. The summed E-state index contributed by atoms with van der Waals surface area (Å²) in [5.74, 6) is 0.745. The molecule has 0 saturated carbocycles. The molecule has 5 heteroatoms. The van der Waals surface area contributed by atoms with E-state index in [1.807, 2.05) is 6.07 Å². The van der Waals surface area contributed by atoms with E-state index in [9.17, 15) is 8.42 Å². The molecule has 0 spiro atoms. The van der Waals surface area contributed by atoms with Crippen LogP contribution in [0.15, 0.2) is 18.2 Å². The Morgan fingerprint density at radius 2 is 1.58 bits per heavy atom. The number of hydrogen-bond donors (Lipinski definition) is 1. The summed E-state index contributed by atoms with van der Waals surface area (Å²) >= 11 is 0. The summed E-state index contributed by atoms with van der Waals surface area (Å²) in [4.78, 5) is 0. The monoisotopic (exact) mass is 384 g/mol. The second-order valence-corrected chi connectivity index (χ2v) is 9.03. The normalized spacial score (nSPS) is 12.9. The smallest absolute Gasteiger partial charge is 0.270 e. The van der Waals surface area contributed by atoms with E-state index in [1.54, 1.807) is 0 Å². The molecule has 0 radical (unpaired) electrons. The van der Waals surface area contributed by atoms with Crippen LogP contribution in [0.1, 0.15) is 83.3 Å². The number of unbranched alkanes of at least 4 members (excludes halogenated alkanes) is 6. The maximum absolute atomic E-state index is 11.2. The first-order valence-electron chi connectivity index (χ1n) is 10.1. The van der Waals surface area contributed by atoms with Crippen molar-refractivity contribution in [1.82, 2.24) is 0 Å². The van der Waals surface area contributed by atoms with Crippen molar-refractivity contribution in [1.29, 1.82) is 0 Å². The van der Waals surface area contributed by atoms with E-state index in [2.05, 4.69) is 26.0 Å². The average molecular weight is 385 g/mol. The fourth-order valence-corrected chi connectivity index (χ4v) is 3.16. The highest BCUT2D eigenvalue weighted by Gasteiger charge is 2.18. The quantitative estimate of drug-likeness (QED) is 0.335. The molecule has 0 aliphatic carbocycles. The van der Waals surface area contributed by atoms with E-state index < -0.39 is 15.4 Å². The molecule has 0 amide bonds. The van der Waals surface area contributed by atoms with Crippen LogP contribution in [0.2, 0.25) is 0 Å². The molecule has 1 N–H and O–H groups in total. The molecule has 1 rings (SSSR count). The third kappa shape index (κ3) is 9.04. The molecule has 150 valence electrons. The Labute approximate surface area is 160 Å². The number of ether oxygens (including phenoxy) is 1. The van der Waals surface area contributed by atoms with Gasteiger partial charge in [-0.15, -0.1) is 0 Å². The van der Waals surface area contributed by atoms with Crippen molar-refractivity contribution < 1.29 is 17.7 Å². The molecule has 26 heavy (non-hydrogen) atoms. The van der Waals surface area contributed by atoms with Gasteiger partial charge in [0.25, 0.3) is 10.1 Å². The summed E-state index contributed by atoms with van der Waals surface area (Å²) in [5, 5.41) is -0.927. The van der Waals surface area contributed by atoms with Crippen LogP contribution in [0.3, 0.4) is 0 Å². The lowest BCUT2D eigenvalue weighted by molar-refractivity contribution is 0.307. The zero-order valence-corrected chi connectivity index (χ0v) is 17.5. The Bertz CT molecular complexity index is 610. The van der Waals surface area contributed by atoms with Crippen molar-refractivity contribution in [2.75, 3.05) is 6.61 Å². The van der Waals surface area contributed by atoms with Crippen molar-refractivity contribution in [3.8, 4) is 5.75 Å². The van der Waals surface area contributed by atoms with Gasteiger partial charge < -0.3 is 4.74 Å². The molecule has 0 aromatic heterocycles. The van der Waals surface area contributed by atoms with Gasteiger partial charge in [0, 0.05) is 0 Å². The Balaban J connectivity index is 2.75. The molecule has 0 aliphatic heterocycles. The van der Waals surface area contributed by atoms with Gasteiger partial charge in [-0.25, -0.2) is 0 Å². The lowest BCUT2D eigenvalue weighted by Gasteiger charge is -2.15. The first-order valence-corrected chi connectivity index (χ1v) is 11.6. The van der Waals surface area contributed by atoms with Gasteiger partial charge in [0.05, 0.1) is 0 Å². The van der Waals surface area contributed by atoms with Crippen LogP contribution in [0.5, 0.6) is 5.75 Å². The molecule has 0 heterocycles. The van der Waals surface area contributed by atoms with Crippen molar-refractivity contribution in [3.63, 3.8) is 0 Å². The molecule has 0 fully saturated rings. The topological polar surface area (TPSA) is 63.6 Å². The first-order chi connectivity index (χ1) is 12.4. The summed E-state index contributed by atoms with van der Waals surface area (Å²) in [6.45, 7) is 5.84. The van der Waals surface area contributed by atoms with E-state index >= 15 is 0 Å². The van der Waals surface area contributed by atoms with Gasteiger partial charge in [-0.3, -0.25) is 4.55 Å². The van der Waals surface area contributed by atoms with E-state index in [-0.39, 0.29) is 6.61 Å². The van der Waals surface area contributed by atoms with Crippen LogP contribution in [0.4, 0.5) is 0 Å². The van der Waals surface area contributed by atoms with Crippen LogP contribution >= 0.6 is 0 Å². The van der Waals surface area contributed by atoms with Gasteiger partial charge >= 0.3 is 0 Å². The highest BCUT2D eigenvalue weighted by Crippen LogP contribution is 2.24. The predicted molar refractivity (Wildman–Crippen MR) is 109 cm³/mol. The highest BCUT2D eigenvalue weighted by atomic mass is 32.2. The van der Waals surface area contributed by atoms with Crippen molar-refractivity contribution in [2.45, 2.75) is 90.2 Å². The number of benzene rings is 1. The molecule has 1 unspecified atom stereocenters. The number of hydrogen-bond acceptors (Lipinski definition) is 3. The zero-order chi connectivity index (χ0) is 19.4. The summed E-state index contributed by atoms with van der Waals surface area (Å²) < 4.78 is 37.2.